The van der Waals surface area contributed by atoms with Gasteiger partial charge in [0.1, 0.15) is 0 Å². The molecule has 0 unspecified atom stereocenters. The average Bonchev–Trinajstić information content (AvgIpc) is 2.84. The standard InChI is InChI=1S/C17H20N4/c1-2-14-11-19-8-10-21-9-5-16(17(14)21)13(1)12-20-15-3-6-18-7-4-15/h1-4,6-7,19H,5,8-12H2,(H,18,20). The molecule has 0 bridgehead atoms. The Morgan fingerprint density at radius 1 is 1.14 bits per heavy atom. The molecule has 0 saturated carbocycles. The number of pyridine rings is 1. The fraction of sp³-hybridized carbons (Fsp3) is 0.353. The zero-order chi connectivity index (χ0) is 14.1. The van der Waals surface area contributed by atoms with Crippen molar-refractivity contribution < 1.29 is 0 Å². The summed E-state index contributed by atoms with van der Waals surface area (Å²) in [6.45, 7) is 5.25. The Morgan fingerprint density at radius 2 is 2.05 bits per heavy atom. The summed E-state index contributed by atoms with van der Waals surface area (Å²) < 4.78 is 0. The highest BCUT2D eigenvalue weighted by atomic mass is 15.2. The maximum absolute atomic E-state index is 4.06. The van der Waals surface area contributed by atoms with Crippen LogP contribution < -0.4 is 15.5 Å². The van der Waals surface area contributed by atoms with Crippen LogP contribution in [0.3, 0.4) is 0 Å². The highest BCUT2D eigenvalue weighted by molar-refractivity contribution is 5.66. The van der Waals surface area contributed by atoms with Crippen molar-refractivity contribution in [3.05, 3.63) is 53.3 Å². The molecule has 0 fully saturated rings. The second kappa shape index (κ2) is 5.37. The summed E-state index contributed by atoms with van der Waals surface area (Å²) in [4.78, 5) is 6.60. The third kappa shape index (κ3) is 2.36. The van der Waals surface area contributed by atoms with Crippen LogP contribution in [-0.4, -0.2) is 24.6 Å². The van der Waals surface area contributed by atoms with Crippen LogP contribution >= 0.6 is 0 Å². The molecule has 2 aliphatic heterocycles. The average molecular weight is 280 g/mol. The largest absolute Gasteiger partial charge is 0.381 e. The first-order valence-electron chi connectivity index (χ1n) is 7.65. The third-order valence-electron chi connectivity index (χ3n) is 4.45. The van der Waals surface area contributed by atoms with E-state index in [1.807, 2.05) is 24.5 Å². The fourth-order valence-electron chi connectivity index (χ4n) is 3.39. The first-order chi connectivity index (χ1) is 10.4. The van der Waals surface area contributed by atoms with E-state index < -0.39 is 0 Å². The lowest BCUT2D eigenvalue weighted by Crippen LogP contribution is -2.27. The molecule has 1 aromatic carbocycles. The third-order valence-corrected chi connectivity index (χ3v) is 4.45. The van der Waals surface area contributed by atoms with Gasteiger partial charge in [-0.25, -0.2) is 0 Å². The SMILES string of the molecule is c1cc(NCc2ccc3c4c2CCN4CCNC3)ccn1. The number of hydrogen-bond acceptors (Lipinski definition) is 4. The van der Waals surface area contributed by atoms with Gasteiger partial charge >= 0.3 is 0 Å². The van der Waals surface area contributed by atoms with Gasteiger partial charge in [-0.15, -0.1) is 0 Å². The monoisotopic (exact) mass is 280 g/mol. The van der Waals surface area contributed by atoms with E-state index in [1.54, 1.807) is 0 Å². The van der Waals surface area contributed by atoms with Crippen LogP contribution in [-0.2, 0) is 19.5 Å². The molecule has 1 aromatic heterocycles. The Labute approximate surface area is 125 Å². The second-order valence-corrected chi connectivity index (χ2v) is 5.71. The van der Waals surface area contributed by atoms with Crippen molar-refractivity contribution in [2.45, 2.75) is 19.5 Å². The normalized spacial score (nSPS) is 16.5. The lowest BCUT2D eigenvalue weighted by molar-refractivity contribution is 0.692. The van der Waals surface area contributed by atoms with E-state index in [0.29, 0.717) is 0 Å². The van der Waals surface area contributed by atoms with Crippen LogP contribution in [0.15, 0.2) is 36.7 Å². The lowest BCUT2D eigenvalue weighted by atomic mass is 10.0. The van der Waals surface area contributed by atoms with Gasteiger partial charge in [0.15, 0.2) is 0 Å². The number of hydrogen-bond donors (Lipinski definition) is 2. The van der Waals surface area contributed by atoms with Crippen molar-refractivity contribution in [2.24, 2.45) is 0 Å². The molecule has 108 valence electrons. The summed E-state index contributed by atoms with van der Waals surface area (Å²) in [7, 11) is 0. The maximum atomic E-state index is 4.06. The summed E-state index contributed by atoms with van der Waals surface area (Å²) in [6, 6.07) is 8.61. The van der Waals surface area contributed by atoms with Gasteiger partial charge in [0.25, 0.3) is 0 Å². The van der Waals surface area contributed by atoms with Crippen LogP contribution in [0.1, 0.15) is 16.7 Å². The molecule has 2 aromatic rings. The number of aromatic nitrogens is 1. The zero-order valence-corrected chi connectivity index (χ0v) is 12.1. The van der Waals surface area contributed by atoms with Gasteiger partial charge in [-0.1, -0.05) is 12.1 Å². The minimum atomic E-state index is 0.883. The molecule has 0 atom stereocenters. The van der Waals surface area contributed by atoms with E-state index in [-0.39, 0.29) is 0 Å². The van der Waals surface area contributed by atoms with Crippen molar-refractivity contribution in [2.75, 3.05) is 29.9 Å². The van der Waals surface area contributed by atoms with Gasteiger partial charge in [0.05, 0.1) is 0 Å². The number of nitrogens with zero attached hydrogens (tertiary/aromatic N) is 2. The summed E-state index contributed by atoms with van der Waals surface area (Å²) in [5.41, 5.74) is 7.04. The summed E-state index contributed by atoms with van der Waals surface area (Å²) in [5, 5.41) is 7.01. The van der Waals surface area contributed by atoms with Gasteiger partial charge in [-0.05, 0) is 35.2 Å². The van der Waals surface area contributed by atoms with Gasteiger partial charge in [0.2, 0.25) is 0 Å². The Kier molecular flexibility index (Phi) is 3.24. The number of nitrogens with one attached hydrogen (secondary N) is 2. The van der Waals surface area contributed by atoms with E-state index >= 15 is 0 Å². The van der Waals surface area contributed by atoms with E-state index in [2.05, 4.69) is 32.7 Å². The molecular weight excluding hydrogens is 260 g/mol. The Bertz CT molecular complexity index is 639. The Balaban J connectivity index is 1.61. The molecule has 0 radical (unpaired) electrons. The molecule has 2 N–H and O–H groups in total. The molecule has 0 saturated heterocycles. The molecule has 0 amide bonds. The quantitative estimate of drug-likeness (QED) is 0.904. The van der Waals surface area contributed by atoms with Crippen molar-refractivity contribution in [1.82, 2.24) is 10.3 Å². The zero-order valence-electron chi connectivity index (χ0n) is 12.1. The predicted molar refractivity (Wildman–Crippen MR) is 85.6 cm³/mol. The van der Waals surface area contributed by atoms with E-state index in [9.17, 15) is 0 Å². The molecular formula is C17H20N4. The molecule has 2 aliphatic rings. The summed E-state index contributed by atoms with van der Waals surface area (Å²) in [6.07, 6.45) is 4.83. The number of benzene rings is 1. The van der Waals surface area contributed by atoms with Crippen LogP contribution in [0.4, 0.5) is 11.4 Å². The fourth-order valence-corrected chi connectivity index (χ4v) is 3.39. The topological polar surface area (TPSA) is 40.2 Å². The van der Waals surface area contributed by atoms with Crippen LogP contribution in [0.25, 0.3) is 0 Å². The Morgan fingerprint density at radius 3 is 2.95 bits per heavy atom. The predicted octanol–water partition coefficient (Wildman–Crippen LogP) is 2.16. The minimum Gasteiger partial charge on any atom is -0.381 e. The number of rotatable bonds is 3. The van der Waals surface area contributed by atoms with Crippen molar-refractivity contribution >= 4 is 11.4 Å². The molecule has 4 nitrogen and oxygen atoms in total. The highest BCUT2D eigenvalue weighted by Crippen LogP contribution is 2.35. The van der Waals surface area contributed by atoms with E-state index in [1.165, 1.54) is 28.8 Å². The van der Waals surface area contributed by atoms with Gasteiger partial charge in [0, 0.05) is 56.5 Å². The van der Waals surface area contributed by atoms with Gasteiger partial charge < -0.3 is 15.5 Å². The molecule has 0 spiro atoms. The van der Waals surface area contributed by atoms with Gasteiger partial charge in [-0.3, -0.25) is 4.98 Å². The van der Waals surface area contributed by atoms with Gasteiger partial charge in [-0.2, -0.15) is 0 Å². The Hall–Kier alpha value is -2.07. The van der Waals surface area contributed by atoms with Crippen LogP contribution in [0.2, 0.25) is 0 Å². The van der Waals surface area contributed by atoms with Crippen molar-refractivity contribution in [3.8, 4) is 0 Å². The second-order valence-electron chi connectivity index (χ2n) is 5.71. The first-order valence-corrected chi connectivity index (χ1v) is 7.65. The van der Waals surface area contributed by atoms with Crippen LogP contribution in [0.5, 0.6) is 0 Å². The highest BCUT2D eigenvalue weighted by Gasteiger charge is 2.25. The molecule has 4 heteroatoms. The molecule has 0 aliphatic carbocycles. The van der Waals surface area contributed by atoms with E-state index in [4.69, 9.17) is 0 Å². The lowest BCUT2D eigenvalue weighted by Gasteiger charge is -2.19. The van der Waals surface area contributed by atoms with Crippen molar-refractivity contribution in [3.63, 3.8) is 0 Å². The van der Waals surface area contributed by atoms with Crippen molar-refractivity contribution in [1.29, 1.82) is 0 Å². The molecule has 4 rings (SSSR count). The van der Waals surface area contributed by atoms with E-state index in [0.717, 1.165) is 38.4 Å². The minimum absolute atomic E-state index is 0.883. The summed E-state index contributed by atoms with van der Waals surface area (Å²) >= 11 is 0. The summed E-state index contributed by atoms with van der Waals surface area (Å²) in [5.74, 6) is 0. The number of anilines is 2. The van der Waals surface area contributed by atoms with Crippen LogP contribution in [0, 0.1) is 0 Å². The smallest absolute Gasteiger partial charge is 0.0449 e. The maximum Gasteiger partial charge on any atom is 0.0449 e. The molecule has 21 heavy (non-hydrogen) atoms. The first kappa shape index (κ1) is 12.7. The molecule has 3 heterocycles.